The minimum absolute atomic E-state index is 0.0448. The Hall–Kier alpha value is -3.15. The number of carbonyl (C=O) groups is 2. The molecule has 1 aromatic heterocycles. The molecule has 0 fully saturated rings. The van der Waals surface area contributed by atoms with E-state index in [1.54, 1.807) is 12.1 Å². The van der Waals surface area contributed by atoms with Crippen LogP contribution in [0, 0.1) is 13.8 Å². The number of fused-ring (bicyclic) bond motifs is 1. The average Bonchev–Trinajstić information content (AvgIpc) is 2.95. The molecule has 3 rings (SSSR count). The van der Waals surface area contributed by atoms with Crippen molar-refractivity contribution in [2.75, 3.05) is 13.1 Å². The second-order valence-electron chi connectivity index (χ2n) is 6.15. The van der Waals surface area contributed by atoms with Crippen molar-refractivity contribution >= 4 is 22.8 Å². The third-order valence-corrected chi connectivity index (χ3v) is 4.30. The van der Waals surface area contributed by atoms with Crippen LogP contribution in [-0.2, 0) is 11.3 Å². The molecule has 0 aliphatic carbocycles. The van der Waals surface area contributed by atoms with Gasteiger partial charge in [0, 0.05) is 18.7 Å². The van der Waals surface area contributed by atoms with Crippen LogP contribution in [0.1, 0.15) is 21.7 Å². The van der Waals surface area contributed by atoms with E-state index in [1.807, 2.05) is 50.2 Å². The van der Waals surface area contributed by atoms with Gasteiger partial charge in [0.15, 0.2) is 0 Å². The molecule has 0 unspecified atom stereocenters. The first-order chi connectivity index (χ1) is 12.6. The first-order valence-electron chi connectivity index (χ1n) is 8.58. The van der Waals surface area contributed by atoms with Gasteiger partial charge in [0.2, 0.25) is 5.91 Å². The Morgan fingerprint density at radius 3 is 2.54 bits per heavy atom. The summed E-state index contributed by atoms with van der Waals surface area (Å²) in [6, 6.07) is 15.2. The van der Waals surface area contributed by atoms with Gasteiger partial charge in [-0.2, -0.15) is 0 Å². The Morgan fingerprint density at radius 2 is 1.73 bits per heavy atom. The van der Waals surface area contributed by atoms with E-state index in [0.29, 0.717) is 18.7 Å². The van der Waals surface area contributed by atoms with Crippen LogP contribution in [0.5, 0.6) is 0 Å². The number of nitrogens with one attached hydrogen (secondary N) is 2. The smallest absolute Gasteiger partial charge is 0.251 e. The minimum atomic E-state index is -0.241. The molecule has 6 heteroatoms. The van der Waals surface area contributed by atoms with E-state index >= 15 is 0 Å². The molecule has 3 aromatic rings. The van der Waals surface area contributed by atoms with Gasteiger partial charge in [0.25, 0.3) is 5.91 Å². The standard InChI is InChI=1S/C20H22N4O2/c1-14-7-3-4-8-16(14)20(26)22-13-19(25)21-11-12-24-15(2)23-17-9-5-6-10-18(17)24/h3-10H,11-13H2,1-2H3,(H,21,25)(H,22,26). The average molecular weight is 350 g/mol. The van der Waals surface area contributed by atoms with Gasteiger partial charge >= 0.3 is 0 Å². The summed E-state index contributed by atoms with van der Waals surface area (Å²) in [5, 5.41) is 5.49. The fourth-order valence-corrected chi connectivity index (χ4v) is 2.93. The highest BCUT2D eigenvalue weighted by Gasteiger charge is 2.10. The largest absolute Gasteiger partial charge is 0.353 e. The van der Waals surface area contributed by atoms with Crippen LogP contribution in [0.4, 0.5) is 0 Å². The van der Waals surface area contributed by atoms with Gasteiger partial charge in [-0.25, -0.2) is 4.98 Å². The predicted molar refractivity (Wildman–Crippen MR) is 101 cm³/mol. The lowest BCUT2D eigenvalue weighted by molar-refractivity contribution is -0.120. The molecule has 2 aromatic carbocycles. The quantitative estimate of drug-likeness (QED) is 0.716. The van der Waals surface area contributed by atoms with Gasteiger partial charge in [-0.05, 0) is 37.6 Å². The summed E-state index contributed by atoms with van der Waals surface area (Å²) in [4.78, 5) is 28.6. The number of imidazole rings is 1. The van der Waals surface area contributed by atoms with Crippen molar-refractivity contribution in [2.45, 2.75) is 20.4 Å². The van der Waals surface area contributed by atoms with Crippen molar-refractivity contribution in [2.24, 2.45) is 0 Å². The van der Waals surface area contributed by atoms with Crippen molar-refractivity contribution in [3.05, 3.63) is 65.5 Å². The molecule has 0 bridgehead atoms. The second kappa shape index (κ2) is 7.82. The van der Waals surface area contributed by atoms with Crippen LogP contribution in [0.3, 0.4) is 0 Å². The molecule has 0 aliphatic rings. The zero-order valence-corrected chi connectivity index (χ0v) is 15.0. The summed E-state index contributed by atoms with van der Waals surface area (Å²) in [7, 11) is 0. The number of hydrogen-bond donors (Lipinski definition) is 2. The molecule has 0 saturated carbocycles. The van der Waals surface area contributed by atoms with E-state index in [1.165, 1.54) is 0 Å². The molecule has 0 saturated heterocycles. The maximum atomic E-state index is 12.1. The third kappa shape index (κ3) is 3.91. The Bertz CT molecular complexity index is 946. The van der Waals surface area contributed by atoms with Crippen molar-refractivity contribution in [3.63, 3.8) is 0 Å². The Morgan fingerprint density at radius 1 is 1.00 bits per heavy atom. The summed E-state index contributed by atoms with van der Waals surface area (Å²) in [6.07, 6.45) is 0. The molecule has 134 valence electrons. The summed E-state index contributed by atoms with van der Waals surface area (Å²) in [5.74, 6) is 0.456. The fourth-order valence-electron chi connectivity index (χ4n) is 2.93. The molecule has 0 atom stereocenters. The third-order valence-electron chi connectivity index (χ3n) is 4.30. The lowest BCUT2D eigenvalue weighted by atomic mass is 10.1. The summed E-state index contributed by atoms with van der Waals surface area (Å²) in [5.41, 5.74) is 3.46. The van der Waals surface area contributed by atoms with E-state index in [2.05, 4.69) is 20.2 Å². The van der Waals surface area contributed by atoms with Crippen molar-refractivity contribution in [3.8, 4) is 0 Å². The van der Waals surface area contributed by atoms with E-state index < -0.39 is 0 Å². The zero-order chi connectivity index (χ0) is 18.5. The number of para-hydroxylation sites is 2. The Balaban J connectivity index is 1.49. The van der Waals surface area contributed by atoms with E-state index in [9.17, 15) is 9.59 Å². The number of carbonyl (C=O) groups excluding carboxylic acids is 2. The topological polar surface area (TPSA) is 76.0 Å². The highest BCUT2D eigenvalue weighted by atomic mass is 16.2. The molecule has 2 amide bonds. The van der Waals surface area contributed by atoms with E-state index in [4.69, 9.17) is 0 Å². The lowest BCUT2D eigenvalue weighted by Gasteiger charge is -2.10. The molecule has 0 spiro atoms. The fraction of sp³-hybridized carbons (Fsp3) is 0.250. The van der Waals surface area contributed by atoms with Crippen molar-refractivity contribution in [1.82, 2.24) is 20.2 Å². The van der Waals surface area contributed by atoms with Crippen LogP contribution in [0.25, 0.3) is 11.0 Å². The monoisotopic (exact) mass is 350 g/mol. The van der Waals surface area contributed by atoms with Crippen LogP contribution in [0.2, 0.25) is 0 Å². The summed E-state index contributed by atoms with van der Waals surface area (Å²) in [6.45, 7) is 4.87. The molecule has 0 aliphatic heterocycles. The van der Waals surface area contributed by atoms with Gasteiger partial charge in [-0.15, -0.1) is 0 Å². The molecule has 6 nitrogen and oxygen atoms in total. The lowest BCUT2D eigenvalue weighted by Crippen LogP contribution is -2.38. The number of amides is 2. The Labute approximate surface area is 152 Å². The van der Waals surface area contributed by atoms with Crippen LogP contribution in [0.15, 0.2) is 48.5 Å². The van der Waals surface area contributed by atoms with Gasteiger partial charge in [-0.1, -0.05) is 30.3 Å². The number of benzene rings is 2. The molecule has 0 radical (unpaired) electrons. The Kier molecular flexibility index (Phi) is 5.31. The molecule has 2 N–H and O–H groups in total. The van der Waals surface area contributed by atoms with Gasteiger partial charge in [0.05, 0.1) is 17.6 Å². The first-order valence-corrected chi connectivity index (χ1v) is 8.58. The van der Waals surface area contributed by atoms with Crippen molar-refractivity contribution in [1.29, 1.82) is 0 Å². The first kappa shape index (κ1) is 17.7. The molecular formula is C20H22N4O2. The second-order valence-corrected chi connectivity index (χ2v) is 6.15. The minimum Gasteiger partial charge on any atom is -0.353 e. The van der Waals surface area contributed by atoms with Gasteiger partial charge < -0.3 is 15.2 Å². The van der Waals surface area contributed by atoms with Crippen LogP contribution >= 0.6 is 0 Å². The number of aromatic nitrogens is 2. The van der Waals surface area contributed by atoms with Crippen LogP contribution in [-0.4, -0.2) is 34.5 Å². The maximum absolute atomic E-state index is 12.1. The number of nitrogens with zero attached hydrogens (tertiary/aromatic N) is 2. The SMILES string of the molecule is Cc1ccccc1C(=O)NCC(=O)NCCn1c(C)nc2ccccc21. The number of rotatable bonds is 6. The summed E-state index contributed by atoms with van der Waals surface area (Å²) >= 11 is 0. The van der Waals surface area contributed by atoms with E-state index in [-0.39, 0.29) is 18.4 Å². The van der Waals surface area contributed by atoms with Gasteiger partial charge in [0.1, 0.15) is 5.82 Å². The van der Waals surface area contributed by atoms with Gasteiger partial charge in [-0.3, -0.25) is 9.59 Å². The zero-order valence-electron chi connectivity index (χ0n) is 15.0. The highest BCUT2D eigenvalue weighted by Crippen LogP contribution is 2.14. The van der Waals surface area contributed by atoms with Crippen LogP contribution < -0.4 is 10.6 Å². The van der Waals surface area contributed by atoms with E-state index in [0.717, 1.165) is 22.4 Å². The highest BCUT2D eigenvalue weighted by molar-refractivity contribution is 5.97. The summed E-state index contributed by atoms with van der Waals surface area (Å²) < 4.78 is 2.07. The van der Waals surface area contributed by atoms with Crippen molar-refractivity contribution < 1.29 is 9.59 Å². The molecule has 26 heavy (non-hydrogen) atoms. The normalized spacial score (nSPS) is 10.7. The molecular weight excluding hydrogens is 328 g/mol. The number of hydrogen-bond acceptors (Lipinski definition) is 3. The predicted octanol–water partition coefficient (Wildman–Crippen LogP) is 2.20. The molecule has 1 heterocycles. The maximum Gasteiger partial charge on any atom is 0.251 e. The number of aryl methyl sites for hydroxylation is 2.